The maximum atomic E-state index is 12.2. The Balaban J connectivity index is 1.44. The molecule has 1 aromatic carbocycles. The predicted octanol–water partition coefficient (Wildman–Crippen LogP) is 1.76. The molecular formula is C17H21N3O3. The second kappa shape index (κ2) is 6.73. The van der Waals surface area contributed by atoms with Gasteiger partial charge in [-0.25, -0.2) is 0 Å². The Labute approximate surface area is 134 Å². The molecule has 0 atom stereocenters. The minimum absolute atomic E-state index is 0.0729. The average Bonchev–Trinajstić information content (AvgIpc) is 2.94. The van der Waals surface area contributed by atoms with Crippen molar-refractivity contribution in [1.82, 2.24) is 15.1 Å². The van der Waals surface area contributed by atoms with E-state index in [1.165, 1.54) is 5.56 Å². The highest BCUT2D eigenvalue weighted by molar-refractivity contribution is 5.76. The highest BCUT2D eigenvalue weighted by atomic mass is 16.5. The molecule has 1 aliphatic rings. The molecule has 2 N–H and O–H groups in total. The van der Waals surface area contributed by atoms with Crippen molar-refractivity contribution in [2.45, 2.75) is 32.7 Å². The molecule has 0 saturated carbocycles. The largest absolute Gasteiger partial charge is 0.494 e. The molecule has 23 heavy (non-hydrogen) atoms. The molecule has 0 fully saturated rings. The van der Waals surface area contributed by atoms with E-state index in [-0.39, 0.29) is 11.5 Å². The number of carbonyl (C=O) groups is 1. The van der Waals surface area contributed by atoms with Crippen LogP contribution in [0.25, 0.3) is 0 Å². The summed E-state index contributed by atoms with van der Waals surface area (Å²) in [5.74, 6) is 0.897. The molecule has 0 saturated heterocycles. The Kier molecular flexibility index (Phi) is 4.50. The average molecular weight is 315 g/mol. The fourth-order valence-electron chi connectivity index (χ4n) is 2.74. The third-order valence-corrected chi connectivity index (χ3v) is 4.12. The molecule has 6 nitrogen and oxygen atoms in total. The van der Waals surface area contributed by atoms with E-state index in [9.17, 15) is 9.59 Å². The lowest BCUT2D eigenvalue weighted by atomic mass is 10.1. The Hall–Kier alpha value is -2.50. The van der Waals surface area contributed by atoms with Gasteiger partial charge in [0.2, 0.25) is 5.91 Å². The normalized spacial score (nSPS) is 13.7. The maximum absolute atomic E-state index is 12.2. The van der Waals surface area contributed by atoms with Crippen LogP contribution in [0.1, 0.15) is 29.7 Å². The summed E-state index contributed by atoms with van der Waals surface area (Å²) in [4.78, 5) is 25.6. The van der Waals surface area contributed by atoms with E-state index in [0.717, 1.165) is 11.4 Å². The molecule has 1 aromatic heterocycles. The van der Waals surface area contributed by atoms with Crippen LogP contribution in [0.5, 0.6) is 5.75 Å². The highest BCUT2D eigenvalue weighted by Gasteiger charge is 2.23. The van der Waals surface area contributed by atoms with Crippen LogP contribution in [-0.2, 0) is 17.8 Å². The van der Waals surface area contributed by atoms with E-state index in [1.54, 1.807) is 4.90 Å². The lowest BCUT2D eigenvalue weighted by Gasteiger charge is -2.26. The Morgan fingerprint density at radius 3 is 2.83 bits per heavy atom. The molecule has 0 spiro atoms. The molecule has 1 amide bonds. The first-order valence-corrected chi connectivity index (χ1v) is 7.89. The number of aromatic nitrogens is 2. The molecule has 122 valence electrons. The van der Waals surface area contributed by atoms with Gasteiger partial charge >= 0.3 is 0 Å². The zero-order valence-electron chi connectivity index (χ0n) is 13.2. The number of nitrogens with zero attached hydrogens (tertiary/aromatic N) is 1. The lowest BCUT2D eigenvalue weighted by molar-refractivity contribution is -0.132. The Morgan fingerprint density at radius 1 is 1.26 bits per heavy atom. The summed E-state index contributed by atoms with van der Waals surface area (Å²) in [5.41, 5.74) is 2.67. The van der Waals surface area contributed by atoms with Gasteiger partial charge in [-0.1, -0.05) is 17.7 Å². The number of fused-ring (bicyclic) bond motifs is 1. The van der Waals surface area contributed by atoms with Crippen molar-refractivity contribution in [2.24, 2.45) is 0 Å². The van der Waals surface area contributed by atoms with Gasteiger partial charge in [0.05, 0.1) is 18.7 Å². The van der Waals surface area contributed by atoms with Crippen molar-refractivity contribution in [3.63, 3.8) is 0 Å². The quantitative estimate of drug-likeness (QED) is 0.825. The van der Waals surface area contributed by atoms with Crippen molar-refractivity contribution in [3.8, 4) is 5.75 Å². The molecule has 3 rings (SSSR count). The zero-order chi connectivity index (χ0) is 16.2. The van der Waals surface area contributed by atoms with Gasteiger partial charge in [-0.15, -0.1) is 0 Å². The fourth-order valence-corrected chi connectivity index (χ4v) is 2.74. The van der Waals surface area contributed by atoms with Crippen LogP contribution < -0.4 is 10.3 Å². The van der Waals surface area contributed by atoms with Crippen molar-refractivity contribution >= 4 is 5.91 Å². The minimum Gasteiger partial charge on any atom is -0.494 e. The van der Waals surface area contributed by atoms with Crippen LogP contribution in [0, 0.1) is 6.92 Å². The molecule has 0 radical (unpaired) electrons. The predicted molar refractivity (Wildman–Crippen MR) is 86.4 cm³/mol. The number of nitrogens with one attached hydrogen (secondary N) is 2. The van der Waals surface area contributed by atoms with E-state index in [2.05, 4.69) is 10.2 Å². The monoisotopic (exact) mass is 315 g/mol. The summed E-state index contributed by atoms with van der Waals surface area (Å²) >= 11 is 0. The molecule has 1 aliphatic heterocycles. The third-order valence-electron chi connectivity index (χ3n) is 4.12. The van der Waals surface area contributed by atoms with E-state index >= 15 is 0 Å². The molecule has 2 heterocycles. The van der Waals surface area contributed by atoms with Crippen molar-refractivity contribution in [1.29, 1.82) is 0 Å². The summed E-state index contributed by atoms with van der Waals surface area (Å²) in [6.07, 6.45) is 1.79. The van der Waals surface area contributed by atoms with Crippen molar-refractivity contribution in [3.05, 3.63) is 51.4 Å². The van der Waals surface area contributed by atoms with E-state index in [0.29, 0.717) is 44.5 Å². The number of aryl methyl sites for hydroxylation is 1. The molecule has 2 aromatic rings. The van der Waals surface area contributed by atoms with Gasteiger partial charge < -0.3 is 14.7 Å². The maximum Gasteiger partial charge on any atom is 0.269 e. The number of hydrogen-bond acceptors (Lipinski definition) is 3. The first-order valence-electron chi connectivity index (χ1n) is 7.89. The van der Waals surface area contributed by atoms with E-state index < -0.39 is 0 Å². The smallest absolute Gasteiger partial charge is 0.269 e. The summed E-state index contributed by atoms with van der Waals surface area (Å²) in [6, 6.07) is 7.86. The van der Waals surface area contributed by atoms with Gasteiger partial charge in [0.1, 0.15) is 5.75 Å². The van der Waals surface area contributed by atoms with Crippen molar-refractivity contribution < 1.29 is 9.53 Å². The molecule has 0 aliphatic carbocycles. The van der Waals surface area contributed by atoms with Crippen LogP contribution in [-0.4, -0.2) is 34.2 Å². The van der Waals surface area contributed by atoms with Gasteiger partial charge in [-0.3, -0.25) is 14.7 Å². The molecular weight excluding hydrogens is 294 g/mol. The summed E-state index contributed by atoms with van der Waals surface area (Å²) < 4.78 is 5.63. The number of hydrogen-bond donors (Lipinski definition) is 2. The fraction of sp³-hybridized carbons (Fsp3) is 0.412. The highest BCUT2D eigenvalue weighted by Crippen LogP contribution is 2.15. The number of benzene rings is 1. The minimum atomic E-state index is -0.125. The van der Waals surface area contributed by atoms with Gasteiger partial charge in [0, 0.05) is 25.1 Å². The van der Waals surface area contributed by atoms with Crippen LogP contribution in [0.2, 0.25) is 0 Å². The van der Waals surface area contributed by atoms with Gasteiger partial charge in [0.25, 0.3) is 5.56 Å². The van der Waals surface area contributed by atoms with Crippen LogP contribution >= 0.6 is 0 Å². The van der Waals surface area contributed by atoms with Gasteiger partial charge in [-0.05, 0) is 25.5 Å². The second-order valence-corrected chi connectivity index (χ2v) is 5.87. The van der Waals surface area contributed by atoms with Crippen LogP contribution in [0.15, 0.2) is 29.1 Å². The number of aromatic amines is 2. The molecule has 0 bridgehead atoms. The van der Waals surface area contributed by atoms with E-state index in [4.69, 9.17) is 4.74 Å². The zero-order valence-corrected chi connectivity index (χ0v) is 13.2. The number of H-pyrrole nitrogens is 2. The molecule has 0 unspecified atom stereocenters. The van der Waals surface area contributed by atoms with E-state index in [1.807, 2.05) is 31.2 Å². The van der Waals surface area contributed by atoms with Crippen molar-refractivity contribution in [2.75, 3.05) is 13.2 Å². The lowest BCUT2D eigenvalue weighted by Crippen LogP contribution is -2.37. The van der Waals surface area contributed by atoms with Crippen LogP contribution in [0.3, 0.4) is 0 Å². The Bertz CT molecular complexity index is 730. The standard InChI is InChI=1S/C17H21N3O3/c1-12-4-6-13(7-5-12)23-10-2-3-16(21)20-9-8-15-14(11-20)17(22)19-18-15/h4-7H,2-3,8-11H2,1H3,(H2,18,19,22). The first-order chi connectivity index (χ1) is 11.1. The van der Waals surface area contributed by atoms with Crippen LogP contribution in [0.4, 0.5) is 0 Å². The SMILES string of the molecule is Cc1ccc(OCCCC(=O)N2CCc3[nH][nH]c(=O)c3C2)cc1. The first kappa shape index (κ1) is 15.4. The van der Waals surface area contributed by atoms with Gasteiger partial charge in [0.15, 0.2) is 0 Å². The second-order valence-electron chi connectivity index (χ2n) is 5.87. The van der Waals surface area contributed by atoms with Gasteiger partial charge in [-0.2, -0.15) is 0 Å². The number of rotatable bonds is 5. The summed E-state index contributed by atoms with van der Waals surface area (Å²) in [7, 11) is 0. The third kappa shape index (κ3) is 3.64. The topological polar surface area (TPSA) is 78.2 Å². The summed E-state index contributed by atoms with van der Waals surface area (Å²) in [5, 5.41) is 5.44. The number of carbonyl (C=O) groups excluding carboxylic acids is 1. The Morgan fingerprint density at radius 2 is 2.04 bits per heavy atom. The number of amides is 1. The summed E-state index contributed by atoms with van der Waals surface area (Å²) in [6.45, 7) is 3.59. The number of ether oxygens (including phenoxy) is 1. The molecule has 6 heteroatoms.